The van der Waals surface area contributed by atoms with Gasteiger partial charge in [0.05, 0.1) is 12.2 Å². The van der Waals surface area contributed by atoms with E-state index >= 15 is 0 Å². The van der Waals surface area contributed by atoms with Gasteiger partial charge in [-0.3, -0.25) is 0 Å². The van der Waals surface area contributed by atoms with E-state index in [0.717, 1.165) is 51.6 Å². The van der Waals surface area contributed by atoms with Gasteiger partial charge in [-0.2, -0.15) is 0 Å². The van der Waals surface area contributed by atoms with E-state index in [4.69, 9.17) is 25.4 Å². The summed E-state index contributed by atoms with van der Waals surface area (Å²) in [5, 5.41) is 0. The van der Waals surface area contributed by atoms with E-state index in [1.54, 1.807) is 7.11 Å². The van der Waals surface area contributed by atoms with Crippen LogP contribution in [0.4, 0.5) is 0 Å². The fourth-order valence-electron chi connectivity index (χ4n) is 5.16. The Morgan fingerprint density at radius 2 is 1.30 bits per heavy atom. The molecule has 1 fully saturated rings. The zero-order chi connectivity index (χ0) is 25.9. The van der Waals surface area contributed by atoms with E-state index < -0.39 is 0 Å². The molecule has 3 atom stereocenters. The molecule has 1 aliphatic rings. The minimum atomic E-state index is -0.0810. The SMILES string of the molecule is [C-]#CCCCCCCC[C@@H](OC1CCCCO1)[C@@H](CCCCCCCCCCCCCC)OCOC.[Li+]. The molecular weight excluding hydrogens is 455 g/mol. The van der Waals surface area contributed by atoms with Crippen LogP contribution in [0, 0.1) is 12.3 Å². The van der Waals surface area contributed by atoms with Crippen molar-refractivity contribution in [2.24, 2.45) is 0 Å². The first-order valence-electron chi connectivity index (χ1n) is 15.6. The molecule has 1 saturated heterocycles. The number of unbranched alkanes of at least 4 members (excludes halogenated alkanes) is 16. The van der Waals surface area contributed by atoms with Gasteiger partial charge >= 0.3 is 18.9 Å². The molecule has 4 nitrogen and oxygen atoms in total. The molecule has 0 aromatic rings. The molecule has 212 valence electrons. The monoisotopic (exact) mass is 514 g/mol. The largest absolute Gasteiger partial charge is 1.00 e. The third-order valence-corrected chi connectivity index (χ3v) is 7.41. The summed E-state index contributed by atoms with van der Waals surface area (Å²) in [6, 6.07) is 0. The van der Waals surface area contributed by atoms with Crippen LogP contribution >= 0.6 is 0 Å². The van der Waals surface area contributed by atoms with Gasteiger partial charge in [0.1, 0.15) is 6.79 Å². The van der Waals surface area contributed by atoms with Gasteiger partial charge in [-0.05, 0) is 44.9 Å². The summed E-state index contributed by atoms with van der Waals surface area (Å²) in [6.45, 7) is 3.42. The van der Waals surface area contributed by atoms with Crippen LogP contribution in [0.2, 0.25) is 0 Å². The molecule has 1 aliphatic heterocycles. The Labute approximate surface area is 243 Å². The summed E-state index contributed by atoms with van der Waals surface area (Å²) in [6.07, 6.45) is 35.5. The molecule has 0 spiro atoms. The normalized spacial score (nSPS) is 17.2. The van der Waals surface area contributed by atoms with Gasteiger partial charge in [0, 0.05) is 13.7 Å². The zero-order valence-electron chi connectivity index (χ0n) is 25.0. The third-order valence-electron chi connectivity index (χ3n) is 7.41. The number of methoxy groups -OCH3 is 1. The number of rotatable bonds is 26. The molecule has 0 bridgehead atoms. The van der Waals surface area contributed by atoms with Crippen LogP contribution in [0.3, 0.4) is 0 Å². The van der Waals surface area contributed by atoms with Gasteiger partial charge in [0.2, 0.25) is 0 Å². The van der Waals surface area contributed by atoms with E-state index in [0.29, 0.717) is 6.79 Å². The molecule has 1 heterocycles. The van der Waals surface area contributed by atoms with Gasteiger partial charge in [-0.25, -0.2) is 0 Å². The van der Waals surface area contributed by atoms with Crippen molar-refractivity contribution in [2.75, 3.05) is 20.5 Å². The van der Waals surface area contributed by atoms with E-state index in [-0.39, 0.29) is 37.4 Å². The smallest absolute Gasteiger partial charge is 0.694 e. The second-order valence-corrected chi connectivity index (χ2v) is 10.7. The quantitative estimate of drug-likeness (QED) is 0.0446. The average Bonchev–Trinajstić information content (AvgIpc) is 2.90. The van der Waals surface area contributed by atoms with Crippen molar-refractivity contribution in [1.29, 1.82) is 0 Å². The van der Waals surface area contributed by atoms with Crippen molar-refractivity contribution in [3.8, 4) is 5.92 Å². The van der Waals surface area contributed by atoms with E-state index in [9.17, 15) is 0 Å². The molecule has 0 aromatic heterocycles. The van der Waals surface area contributed by atoms with Crippen LogP contribution < -0.4 is 18.9 Å². The Kier molecular flexibility index (Phi) is 29.0. The van der Waals surface area contributed by atoms with Crippen LogP contribution in [-0.4, -0.2) is 39.0 Å². The molecule has 0 aliphatic carbocycles. The molecular formula is C32H59LiO4. The molecule has 5 heteroatoms. The number of hydrogen-bond donors (Lipinski definition) is 0. The van der Waals surface area contributed by atoms with Gasteiger partial charge < -0.3 is 31.3 Å². The van der Waals surface area contributed by atoms with Crippen molar-refractivity contribution < 1.29 is 37.8 Å². The molecule has 0 aromatic carbocycles. The Bertz CT molecular complexity index is 490. The number of ether oxygens (including phenoxy) is 4. The van der Waals surface area contributed by atoms with Crippen LogP contribution in [0.25, 0.3) is 0 Å². The average molecular weight is 515 g/mol. The summed E-state index contributed by atoms with van der Waals surface area (Å²) in [5.41, 5.74) is 0. The van der Waals surface area contributed by atoms with Gasteiger partial charge in [0.15, 0.2) is 6.29 Å². The summed E-state index contributed by atoms with van der Waals surface area (Å²) in [4.78, 5) is 0. The second-order valence-electron chi connectivity index (χ2n) is 10.7. The van der Waals surface area contributed by atoms with Crippen LogP contribution in [0.5, 0.6) is 0 Å². The topological polar surface area (TPSA) is 36.9 Å². The molecule has 0 saturated carbocycles. The van der Waals surface area contributed by atoms with E-state index in [1.165, 1.54) is 103 Å². The molecule has 0 N–H and O–H groups in total. The Morgan fingerprint density at radius 1 is 0.757 bits per heavy atom. The third kappa shape index (κ3) is 22.5. The summed E-state index contributed by atoms with van der Waals surface area (Å²) >= 11 is 0. The van der Waals surface area contributed by atoms with Crippen LogP contribution in [-0.2, 0) is 18.9 Å². The molecule has 0 radical (unpaired) electrons. The van der Waals surface area contributed by atoms with Gasteiger partial charge in [-0.1, -0.05) is 110 Å². The first-order chi connectivity index (χ1) is 17.8. The standard InChI is InChI=1S/C32H59O4.Li/c1-4-6-8-10-12-13-14-15-16-18-19-21-25-30(35-29-33-3)31(36-32-27-23-24-28-34-32)26-22-20-17-11-9-7-5-2;/h30-32H,4,6-29H2,1,3H3;/q-1;+1/t30-,31-,32?;/m1./s1. The molecule has 1 rings (SSSR count). The minimum Gasteiger partial charge on any atom is -0.694 e. The maximum absolute atomic E-state index is 7.04. The van der Waals surface area contributed by atoms with Crippen molar-refractivity contribution >= 4 is 0 Å². The fourth-order valence-corrected chi connectivity index (χ4v) is 5.16. The van der Waals surface area contributed by atoms with Gasteiger partial charge in [0.25, 0.3) is 0 Å². The van der Waals surface area contributed by atoms with Crippen molar-refractivity contribution in [1.82, 2.24) is 0 Å². The first kappa shape index (κ1) is 37.0. The van der Waals surface area contributed by atoms with E-state index in [2.05, 4.69) is 12.8 Å². The molecule has 0 amide bonds. The molecule has 37 heavy (non-hydrogen) atoms. The predicted molar refractivity (Wildman–Crippen MR) is 150 cm³/mol. The zero-order valence-corrected chi connectivity index (χ0v) is 25.0. The van der Waals surface area contributed by atoms with E-state index in [1.807, 2.05) is 0 Å². The second kappa shape index (κ2) is 29.0. The summed E-state index contributed by atoms with van der Waals surface area (Å²) in [7, 11) is 1.70. The summed E-state index contributed by atoms with van der Waals surface area (Å²) in [5.74, 6) is 2.49. The first-order valence-corrected chi connectivity index (χ1v) is 15.6. The van der Waals surface area contributed by atoms with Crippen LogP contribution in [0.1, 0.15) is 155 Å². The van der Waals surface area contributed by atoms with Crippen molar-refractivity contribution in [2.45, 2.75) is 173 Å². The Hall–Kier alpha value is -0.00260. The maximum atomic E-state index is 7.04. The summed E-state index contributed by atoms with van der Waals surface area (Å²) < 4.78 is 23.9. The maximum Gasteiger partial charge on any atom is 1.00 e. The predicted octanol–water partition coefficient (Wildman–Crippen LogP) is 6.30. The van der Waals surface area contributed by atoms with Gasteiger partial charge in [-0.15, -0.1) is 0 Å². The van der Waals surface area contributed by atoms with Crippen molar-refractivity contribution in [3.05, 3.63) is 6.42 Å². The Balaban J connectivity index is 0.0000130. The fraction of sp³-hybridized carbons (Fsp3) is 0.938. The Morgan fingerprint density at radius 3 is 1.81 bits per heavy atom. The molecule has 1 unspecified atom stereocenters. The number of hydrogen-bond acceptors (Lipinski definition) is 4. The van der Waals surface area contributed by atoms with Crippen molar-refractivity contribution in [3.63, 3.8) is 0 Å². The van der Waals surface area contributed by atoms with Crippen LogP contribution in [0.15, 0.2) is 0 Å². The minimum absolute atomic E-state index is 0.